The molecule has 0 saturated carbocycles. The molecule has 0 radical (unpaired) electrons. The van der Waals surface area contributed by atoms with Crippen molar-refractivity contribution in [1.82, 2.24) is 14.8 Å². The van der Waals surface area contributed by atoms with Crippen LogP contribution in [0.15, 0.2) is 36.5 Å². The summed E-state index contributed by atoms with van der Waals surface area (Å²) in [5.74, 6) is 0.348. The maximum atomic E-state index is 13.0. The molecular weight excluding hydrogens is 281 g/mol. The number of nitrogen functional groups attached to an aromatic ring is 1. The van der Waals surface area contributed by atoms with E-state index in [1.807, 2.05) is 0 Å². The average molecular weight is 292 g/mol. The van der Waals surface area contributed by atoms with E-state index in [0.717, 1.165) is 6.20 Å². The molecule has 3 aromatic rings. The molecule has 1 aromatic carbocycles. The minimum absolute atomic E-state index is 0.0340. The summed E-state index contributed by atoms with van der Waals surface area (Å²) in [7, 11) is 1.69. The van der Waals surface area contributed by atoms with Crippen LogP contribution in [0.1, 0.15) is 5.69 Å². The Morgan fingerprint density at radius 1 is 1.19 bits per heavy atom. The topological polar surface area (TPSA) is 56.7 Å². The number of hydrogen-bond acceptors (Lipinski definition) is 3. The molecule has 2 aromatic heterocycles. The average Bonchev–Trinajstić information content (AvgIpc) is 2.73. The molecule has 2 N–H and O–H groups in total. The van der Waals surface area contributed by atoms with E-state index >= 15 is 0 Å². The van der Waals surface area contributed by atoms with E-state index < -0.39 is 11.9 Å². The molecule has 0 unspecified atom stereocenters. The van der Waals surface area contributed by atoms with Crippen LogP contribution in [0.25, 0.3) is 22.0 Å². The third-order valence-electron chi connectivity index (χ3n) is 3.27. The Labute approximate surface area is 118 Å². The molecule has 0 aliphatic heterocycles. The lowest BCUT2D eigenvalue weighted by Crippen LogP contribution is -2.09. The summed E-state index contributed by atoms with van der Waals surface area (Å²) in [6.07, 6.45) is -3.37. The minimum atomic E-state index is -4.50. The van der Waals surface area contributed by atoms with Crippen molar-refractivity contribution in [2.45, 2.75) is 6.18 Å². The Kier molecular flexibility index (Phi) is 2.86. The predicted octanol–water partition coefficient (Wildman–Crippen LogP) is 3.24. The van der Waals surface area contributed by atoms with Gasteiger partial charge in [-0.15, -0.1) is 0 Å². The fraction of sp³-hybridized carbons (Fsp3) is 0.143. The Bertz CT molecular complexity index is 821. The van der Waals surface area contributed by atoms with Crippen LogP contribution in [0.5, 0.6) is 0 Å². The number of pyridine rings is 1. The summed E-state index contributed by atoms with van der Waals surface area (Å²) in [5, 5.41) is 4.76. The number of anilines is 1. The van der Waals surface area contributed by atoms with E-state index in [1.165, 1.54) is 16.8 Å². The number of nitrogens with two attached hydrogens (primary N) is 1. The van der Waals surface area contributed by atoms with Gasteiger partial charge in [-0.05, 0) is 23.8 Å². The van der Waals surface area contributed by atoms with Gasteiger partial charge in [0.2, 0.25) is 0 Å². The van der Waals surface area contributed by atoms with E-state index in [4.69, 9.17) is 5.73 Å². The molecule has 0 atom stereocenters. The molecule has 0 aliphatic carbocycles. The number of alkyl halides is 3. The molecule has 4 nitrogen and oxygen atoms in total. The highest BCUT2D eigenvalue weighted by atomic mass is 19.4. The second kappa shape index (κ2) is 4.47. The summed E-state index contributed by atoms with van der Waals surface area (Å²) in [6, 6.07) is 7.76. The maximum Gasteiger partial charge on any atom is 0.433 e. The van der Waals surface area contributed by atoms with Crippen molar-refractivity contribution in [1.29, 1.82) is 0 Å². The summed E-state index contributed by atoms with van der Waals surface area (Å²) < 4.78 is 40.6. The zero-order chi connectivity index (χ0) is 15.2. The lowest BCUT2D eigenvalue weighted by molar-refractivity contribution is -0.140. The zero-order valence-corrected chi connectivity index (χ0v) is 11.0. The van der Waals surface area contributed by atoms with Crippen LogP contribution in [0.4, 0.5) is 19.0 Å². The summed E-state index contributed by atoms with van der Waals surface area (Å²) >= 11 is 0. The maximum absolute atomic E-state index is 13.0. The van der Waals surface area contributed by atoms with Crippen LogP contribution in [-0.4, -0.2) is 14.8 Å². The van der Waals surface area contributed by atoms with Gasteiger partial charge >= 0.3 is 6.18 Å². The summed E-state index contributed by atoms with van der Waals surface area (Å²) in [6.45, 7) is 0. The SMILES string of the molecule is Cn1nc(N)c2ccc(-c3cccnc3C(F)(F)F)cc21. The van der Waals surface area contributed by atoms with Crippen LogP contribution in [0, 0.1) is 0 Å². The van der Waals surface area contributed by atoms with E-state index in [1.54, 1.807) is 25.2 Å². The fourth-order valence-electron chi connectivity index (χ4n) is 2.32. The van der Waals surface area contributed by atoms with Crippen LogP contribution < -0.4 is 5.73 Å². The Balaban J connectivity index is 2.24. The van der Waals surface area contributed by atoms with Gasteiger partial charge in [0.15, 0.2) is 11.5 Å². The summed E-state index contributed by atoms with van der Waals surface area (Å²) in [5.41, 5.74) is 5.96. The van der Waals surface area contributed by atoms with Gasteiger partial charge < -0.3 is 5.73 Å². The Hall–Kier alpha value is -2.57. The molecule has 108 valence electrons. The molecule has 7 heteroatoms. The van der Waals surface area contributed by atoms with Crippen LogP contribution >= 0.6 is 0 Å². The van der Waals surface area contributed by atoms with Crippen molar-refractivity contribution >= 4 is 16.7 Å². The third kappa shape index (κ3) is 2.20. The molecule has 0 spiro atoms. The molecule has 0 bridgehead atoms. The highest BCUT2D eigenvalue weighted by Crippen LogP contribution is 2.36. The second-order valence-electron chi connectivity index (χ2n) is 4.64. The lowest BCUT2D eigenvalue weighted by atomic mass is 10.0. The molecule has 0 aliphatic rings. The molecule has 0 amide bonds. The molecular formula is C14H11F3N4. The number of rotatable bonds is 1. The first-order valence-corrected chi connectivity index (χ1v) is 6.13. The van der Waals surface area contributed by atoms with Gasteiger partial charge in [0.1, 0.15) is 0 Å². The van der Waals surface area contributed by atoms with Gasteiger partial charge in [-0.3, -0.25) is 9.67 Å². The third-order valence-corrected chi connectivity index (χ3v) is 3.27. The smallest absolute Gasteiger partial charge is 0.382 e. The molecule has 2 heterocycles. The van der Waals surface area contributed by atoms with Crippen molar-refractivity contribution in [3.8, 4) is 11.1 Å². The van der Waals surface area contributed by atoms with E-state index in [0.29, 0.717) is 22.3 Å². The predicted molar refractivity (Wildman–Crippen MR) is 73.4 cm³/mol. The van der Waals surface area contributed by atoms with Crippen molar-refractivity contribution in [3.63, 3.8) is 0 Å². The summed E-state index contributed by atoms with van der Waals surface area (Å²) in [4.78, 5) is 3.46. The highest BCUT2D eigenvalue weighted by Gasteiger charge is 2.35. The molecule has 0 fully saturated rings. The fourth-order valence-corrected chi connectivity index (χ4v) is 2.32. The van der Waals surface area contributed by atoms with Crippen LogP contribution in [0.3, 0.4) is 0 Å². The normalized spacial score (nSPS) is 12.0. The van der Waals surface area contributed by atoms with Crippen molar-refractivity contribution in [3.05, 3.63) is 42.2 Å². The largest absolute Gasteiger partial charge is 0.433 e. The van der Waals surface area contributed by atoms with Crippen LogP contribution in [0.2, 0.25) is 0 Å². The number of fused-ring (bicyclic) bond motifs is 1. The first-order chi connectivity index (χ1) is 9.88. The van der Waals surface area contributed by atoms with Crippen molar-refractivity contribution in [2.24, 2.45) is 7.05 Å². The first kappa shape index (κ1) is 13.4. The first-order valence-electron chi connectivity index (χ1n) is 6.13. The highest BCUT2D eigenvalue weighted by molar-refractivity contribution is 5.92. The molecule has 3 rings (SSSR count). The van der Waals surface area contributed by atoms with Crippen molar-refractivity contribution < 1.29 is 13.2 Å². The standard InChI is InChI=1S/C14H11F3N4/c1-21-11-7-8(4-5-10(11)13(18)20-21)9-3-2-6-19-12(9)14(15,16)17/h2-7H,1H3,(H2,18,20). The van der Waals surface area contributed by atoms with Gasteiger partial charge in [-0.25, -0.2) is 0 Å². The number of halogens is 3. The van der Waals surface area contributed by atoms with E-state index in [-0.39, 0.29) is 5.56 Å². The van der Waals surface area contributed by atoms with Gasteiger partial charge in [-0.2, -0.15) is 18.3 Å². The molecule has 21 heavy (non-hydrogen) atoms. The minimum Gasteiger partial charge on any atom is -0.382 e. The Morgan fingerprint density at radius 3 is 2.67 bits per heavy atom. The quantitative estimate of drug-likeness (QED) is 0.749. The number of nitrogens with zero attached hydrogens (tertiary/aromatic N) is 3. The number of hydrogen-bond donors (Lipinski definition) is 1. The van der Waals surface area contributed by atoms with Crippen LogP contribution in [-0.2, 0) is 13.2 Å². The van der Waals surface area contributed by atoms with E-state index in [9.17, 15) is 13.2 Å². The number of aryl methyl sites for hydroxylation is 1. The monoisotopic (exact) mass is 292 g/mol. The lowest BCUT2D eigenvalue weighted by Gasteiger charge is -2.11. The van der Waals surface area contributed by atoms with Gasteiger partial charge in [0.25, 0.3) is 0 Å². The number of benzene rings is 1. The molecule has 0 saturated heterocycles. The number of aromatic nitrogens is 3. The van der Waals surface area contributed by atoms with Gasteiger partial charge in [0.05, 0.1) is 5.52 Å². The zero-order valence-electron chi connectivity index (χ0n) is 11.0. The van der Waals surface area contributed by atoms with E-state index in [2.05, 4.69) is 10.1 Å². The second-order valence-corrected chi connectivity index (χ2v) is 4.64. The van der Waals surface area contributed by atoms with Gasteiger partial charge in [0, 0.05) is 24.2 Å². The Morgan fingerprint density at radius 2 is 1.95 bits per heavy atom. The van der Waals surface area contributed by atoms with Crippen molar-refractivity contribution in [2.75, 3.05) is 5.73 Å². The van der Waals surface area contributed by atoms with Gasteiger partial charge in [-0.1, -0.05) is 12.1 Å².